The van der Waals surface area contributed by atoms with Crippen molar-refractivity contribution in [1.29, 1.82) is 0 Å². The second-order valence-electron chi connectivity index (χ2n) is 11.1. The summed E-state index contributed by atoms with van der Waals surface area (Å²) in [7, 11) is 0. The van der Waals surface area contributed by atoms with Crippen LogP contribution in [0, 0.1) is 5.92 Å². The fourth-order valence-electron chi connectivity index (χ4n) is 5.02. The third-order valence-electron chi connectivity index (χ3n) is 7.56. The minimum Gasteiger partial charge on any atom is -0.299 e. The van der Waals surface area contributed by atoms with Crippen molar-refractivity contribution in [1.82, 2.24) is 0 Å². The average molecular weight is 506 g/mol. The van der Waals surface area contributed by atoms with Gasteiger partial charge in [-0.05, 0) is 38.5 Å². The molecular formula is C34H63O2. The predicted molar refractivity (Wildman–Crippen MR) is 159 cm³/mol. The zero-order chi connectivity index (χ0) is 26.4. The van der Waals surface area contributed by atoms with Crippen LogP contribution in [-0.2, 0) is 9.59 Å². The normalized spacial score (nSPS) is 12.4. The Bertz CT molecular complexity index is 482. The Labute approximate surface area is 226 Å². The summed E-state index contributed by atoms with van der Waals surface area (Å²) in [5.74, 6) is -0.342. The number of allylic oxidation sites excluding steroid dienone is 2. The number of carbonyl (C=O) groups excluding carboxylic acids is 2. The molecule has 0 amide bonds. The van der Waals surface area contributed by atoms with E-state index in [0.717, 1.165) is 32.1 Å². The van der Waals surface area contributed by atoms with Gasteiger partial charge in [0.2, 0.25) is 6.29 Å². The second kappa shape index (κ2) is 30.3. The standard InChI is InChI=1S/C34H63O2/c1-3-5-7-9-11-13-15-17-19-20-22-24-26-28-30-33(32-35)34(36)31-29-27-25-23-21-18-16-14-12-10-8-6-4-2/h17,19,33H,3-16,18,20-31H2,1-2H3/b19-17-/i31+2. The fraction of sp³-hybridized carbons (Fsp3) is 0.882. The summed E-state index contributed by atoms with van der Waals surface area (Å²) in [6.45, 7) is 4.54. The van der Waals surface area contributed by atoms with Crippen LogP contribution in [-0.4, -0.2) is 12.1 Å². The summed E-state index contributed by atoms with van der Waals surface area (Å²) in [6, 6.07) is 0. The lowest BCUT2D eigenvalue weighted by Gasteiger charge is -2.08. The number of hydrogen-bond donors (Lipinski definition) is 0. The van der Waals surface area contributed by atoms with Crippen molar-refractivity contribution in [3.05, 3.63) is 12.2 Å². The second-order valence-corrected chi connectivity index (χ2v) is 11.1. The molecule has 0 saturated carbocycles. The van der Waals surface area contributed by atoms with E-state index in [9.17, 15) is 9.59 Å². The summed E-state index contributed by atoms with van der Waals surface area (Å²) in [5, 5.41) is 0. The fourth-order valence-corrected chi connectivity index (χ4v) is 5.02. The van der Waals surface area contributed by atoms with Crippen molar-refractivity contribution in [2.45, 2.75) is 187 Å². The largest absolute Gasteiger partial charge is 0.299 e. The molecule has 1 atom stereocenters. The lowest BCUT2D eigenvalue weighted by atomic mass is 10.0. The van der Waals surface area contributed by atoms with Crippen LogP contribution in [0.1, 0.15) is 187 Å². The van der Waals surface area contributed by atoms with Crippen molar-refractivity contribution in [3.8, 4) is 0 Å². The molecule has 0 aliphatic carbocycles. The van der Waals surface area contributed by atoms with Crippen LogP contribution in [0.2, 0.25) is 0 Å². The number of hydrogen-bond acceptors (Lipinski definition) is 2. The first kappa shape index (κ1) is 35.1. The molecule has 1 unspecified atom stereocenters. The van der Waals surface area contributed by atoms with Gasteiger partial charge in [0.1, 0.15) is 5.78 Å². The topological polar surface area (TPSA) is 34.1 Å². The van der Waals surface area contributed by atoms with E-state index in [0.29, 0.717) is 12.8 Å². The van der Waals surface area contributed by atoms with Gasteiger partial charge < -0.3 is 0 Å². The predicted octanol–water partition coefficient (Wildman–Crippen LogP) is 11.4. The Kier molecular flexibility index (Phi) is 29.5. The summed E-state index contributed by atoms with van der Waals surface area (Å²) in [4.78, 5) is 23.7. The van der Waals surface area contributed by atoms with E-state index < -0.39 is 5.92 Å². The number of rotatable bonds is 30. The number of carbonyl (C=O) groups is 1. The average Bonchev–Trinajstić information content (AvgIpc) is 2.89. The van der Waals surface area contributed by atoms with Gasteiger partial charge in [0.25, 0.3) is 0 Å². The van der Waals surface area contributed by atoms with Gasteiger partial charge in [-0.1, -0.05) is 154 Å². The third kappa shape index (κ3) is 26.2. The van der Waals surface area contributed by atoms with Crippen molar-refractivity contribution >= 4 is 12.1 Å². The molecule has 0 N–H and O–H groups in total. The van der Waals surface area contributed by atoms with Crippen LogP contribution in [0.3, 0.4) is 0 Å². The molecule has 211 valence electrons. The van der Waals surface area contributed by atoms with Gasteiger partial charge >= 0.3 is 0 Å². The van der Waals surface area contributed by atoms with E-state index in [4.69, 9.17) is 0 Å². The molecule has 36 heavy (non-hydrogen) atoms. The lowest BCUT2D eigenvalue weighted by molar-refractivity contribution is -0.121. The molecule has 0 heterocycles. The SMILES string of the molecule is CCCCCCCC/C=C\CCCCCCC([C]=O)C(=O)[14CH2]CCCCCCCCCCCCCC. The smallest absolute Gasteiger partial charge is 0.209 e. The van der Waals surface area contributed by atoms with E-state index in [1.807, 2.05) is 6.29 Å². The van der Waals surface area contributed by atoms with Crippen LogP contribution < -0.4 is 0 Å². The summed E-state index contributed by atoms with van der Waals surface area (Å²) < 4.78 is 0. The van der Waals surface area contributed by atoms with Gasteiger partial charge in [0.15, 0.2) is 0 Å². The van der Waals surface area contributed by atoms with Crippen molar-refractivity contribution in [2.24, 2.45) is 5.92 Å². The Morgan fingerprint density at radius 2 is 0.972 bits per heavy atom. The van der Waals surface area contributed by atoms with Crippen molar-refractivity contribution in [2.75, 3.05) is 0 Å². The zero-order valence-corrected chi connectivity index (χ0v) is 24.6. The highest BCUT2D eigenvalue weighted by molar-refractivity contribution is 5.93. The van der Waals surface area contributed by atoms with Gasteiger partial charge in [0.05, 0.1) is 5.92 Å². The molecule has 0 aromatic heterocycles. The van der Waals surface area contributed by atoms with E-state index in [-0.39, 0.29) is 5.78 Å². The van der Waals surface area contributed by atoms with Crippen LogP contribution >= 0.6 is 0 Å². The molecule has 0 aromatic rings. The van der Waals surface area contributed by atoms with E-state index >= 15 is 0 Å². The minimum atomic E-state index is -0.473. The molecular weight excluding hydrogens is 442 g/mol. The first-order valence-electron chi connectivity index (χ1n) is 16.3. The summed E-state index contributed by atoms with van der Waals surface area (Å²) >= 11 is 0. The van der Waals surface area contributed by atoms with E-state index in [2.05, 4.69) is 26.0 Å². The molecule has 0 aliphatic rings. The molecule has 0 bridgehead atoms. The Morgan fingerprint density at radius 3 is 1.42 bits per heavy atom. The summed E-state index contributed by atoms with van der Waals surface area (Å²) in [6.07, 6.45) is 40.1. The first-order valence-corrected chi connectivity index (χ1v) is 16.3. The highest BCUT2D eigenvalue weighted by atomic mass is 16.2. The third-order valence-corrected chi connectivity index (χ3v) is 7.56. The quantitative estimate of drug-likeness (QED) is 0.0552. The van der Waals surface area contributed by atoms with Gasteiger partial charge in [-0.3, -0.25) is 9.59 Å². The number of ketones is 1. The van der Waals surface area contributed by atoms with E-state index in [1.54, 1.807) is 0 Å². The highest BCUT2D eigenvalue weighted by Gasteiger charge is 2.17. The molecule has 0 aromatic carbocycles. The van der Waals surface area contributed by atoms with E-state index in [1.165, 1.54) is 128 Å². The molecule has 0 aliphatic heterocycles. The Balaban J connectivity index is 3.48. The van der Waals surface area contributed by atoms with Crippen molar-refractivity contribution in [3.63, 3.8) is 0 Å². The maximum atomic E-state index is 12.4. The molecule has 0 fully saturated rings. The van der Waals surface area contributed by atoms with Gasteiger partial charge in [-0.2, -0.15) is 0 Å². The number of unbranched alkanes of at least 4 members (excludes halogenated alkanes) is 22. The zero-order valence-electron chi connectivity index (χ0n) is 24.6. The highest BCUT2D eigenvalue weighted by Crippen LogP contribution is 2.16. The lowest BCUT2D eigenvalue weighted by Crippen LogP contribution is -2.15. The van der Waals surface area contributed by atoms with Crippen LogP contribution in [0.25, 0.3) is 0 Å². The molecule has 2 heteroatoms. The first-order chi connectivity index (χ1) is 17.8. The van der Waals surface area contributed by atoms with Crippen LogP contribution in [0.15, 0.2) is 12.2 Å². The van der Waals surface area contributed by atoms with Crippen LogP contribution in [0.5, 0.6) is 0 Å². The van der Waals surface area contributed by atoms with Gasteiger partial charge in [-0.15, -0.1) is 0 Å². The van der Waals surface area contributed by atoms with Gasteiger partial charge in [0, 0.05) is 6.42 Å². The minimum absolute atomic E-state index is 0.130. The maximum Gasteiger partial charge on any atom is 0.209 e. The molecule has 2 nitrogen and oxygen atoms in total. The molecule has 0 saturated heterocycles. The van der Waals surface area contributed by atoms with Gasteiger partial charge in [-0.25, -0.2) is 0 Å². The van der Waals surface area contributed by atoms with Crippen molar-refractivity contribution < 1.29 is 9.59 Å². The monoisotopic (exact) mass is 505 g/mol. The molecule has 0 spiro atoms. The Hall–Kier alpha value is -0.920. The summed E-state index contributed by atoms with van der Waals surface area (Å²) in [5.41, 5.74) is 0. The molecule has 0 rings (SSSR count). The number of Topliss-reactive ketones (excluding diaryl/α,β-unsaturated/α-hetero) is 1. The van der Waals surface area contributed by atoms with Crippen LogP contribution in [0.4, 0.5) is 0 Å². The maximum absolute atomic E-state index is 12.4. The molecule has 1 radical (unpaired) electrons. The Morgan fingerprint density at radius 1 is 0.583 bits per heavy atom.